The average molecular weight is 506 g/mol. The lowest BCUT2D eigenvalue weighted by Crippen LogP contribution is -2.30. The van der Waals surface area contributed by atoms with E-state index in [-0.39, 0.29) is 83.6 Å². The lowest BCUT2D eigenvalue weighted by molar-refractivity contribution is -0.155. The summed E-state index contributed by atoms with van der Waals surface area (Å²) in [6, 6.07) is 0. The summed E-state index contributed by atoms with van der Waals surface area (Å²) in [4.78, 5) is 57.4. The van der Waals surface area contributed by atoms with Crippen molar-refractivity contribution in [2.75, 3.05) is 59.3 Å². The molecule has 0 aliphatic rings. The highest BCUT2D eigenvalue weighted by molar-refractivity contribution is 5.82. The summed E-state index contributed by atoms with van der Waals surface area (Å²) in [5, 5.41) is 5.15. The molecule has 0 aromatic rings. The second kappa shape index (κ2) is 19.5. The third kappa shape index (κ3) is 22.8. The highest BCUT2D eigenvalue weighted by Gasteiger charge is 2.17. The monoisotopic (exact) mass is 505 g/mol. The maximum Gasteiger partial charge on any atom is 0.319 e. The number of rotatable bonds is 19. The van der Waals surface area contributed by atoms with Crippen molar-refractivity contribution in [1.29, 1.82) is 0 Å². The molecule has 0 fully saturated rings. The number of nitrogens with two attached hydrogens (primary N) is 1. The van der Waals surface area contributed by atoms with Crippen molar-refractivity contribution >= 4 is 29.7 Å². The quantitative estimate of drug-likeness (QED) is 0.113. The van der Waals surface area contributed by atoms with Gasteiger partial charge in [-0.1, -0.05) is 0 Å². The van der Waals surface area contributed by atoms with Crippen molar-refractivity contribution in [2.45, 2.75) is 52.1 Å². The molecule has 0 saturated heterocycles. The zero-order valence-corrected chi connectivity index (χ0v) is 20.9. The Labute approximate surface area is 205 Å². The number of ether oxygens (including phenoxy) is 5. The van der Waals surface area contributed by atoms with Crippen LogP contribution in [0.5, 0.6) is 0 Å². The van der Waals surface area contributed by atoms with Gasteiger partial charge in [-0.2, -0.15) is 0 Å². The second-order valence-corrected chi connectivity index (χ2v) is 8.16. The van der Waals surface area contributed by atoms with Crippen LogP contribution in [-0.2, 0) is 47.7 Å². The highest BCUT2D eigenvalue weighted by Crippen LogP contribution is 2.08. The maximum absolute atomic E-state index is 11.7. The molecular weight excluding hydrogens is 466 g/mol. The van der Waals surface area contributed by atoms with Crippen LogP contribution in [-0.4, -0.2) is 94.6 Å². The summed E-state index contributed by atoms with van der Waals surface area (Å²) in [7, 11) is 0. The predicted octanol–water partition coefficient (Wildman–Crippen LogP) is -0.801. The third-order valence-corrected chi connectivity index (χ3v) is 3.82. The minimum atomic E-state index is -0.603. The van der Waals surface area contributed by atoms with Gasteiger partial charge in [0.05, 0.1) is 52.4 Å². The Kier molecular flexibility index (Phi) is 18.0. The van der Waals surface area contributed by atoms with Crippen LogP contribution < -0.4 is 16.4 Å². The van der Waals surface area contributed by atoms with Crippen molar-refractivity contribution in [3.63, 3.8) is 0 Å². The van der Waals surface area contributed by atoms with Gasteiger partial charge in [-0.15, -0.1) is 0 Å². The Bertz CT molecular complexity index is 664. The van der Waals surface area contributed by atoms with Crippen molar-refractivity contribution in [3.05, 3.63) is 0 Å². The molecule has 202 valence electrons. The number of carbonyl (C=O) groups is 5. The van der Waals surface area contributed by atoms with E-state index in [2.05, 4.69) is 10.6 Å². The van der Waals surface area contributed by atoms with E-state index in [1.54, 1.807) is 20.8 Å². The van der Waals surface area contributed by atoms with Crippen LogP contribution >= 0.6 is 0 Å². The van der Waals surface area contributed by atoms with Crippen LogP contribution in [0, 0.1) is 0 Å². The molecule has 0 atom stereocenters. The lowest BCUT2D eigenvalue weighted by atomic mass is 10.2. The molecule has 0 saturated carbocycles. The minimum absolute atomic E-state index is 0.0217. The number of amides is 2. The summed E-state index contributed by atoms with van der Waals surface area (Å²) < 4.78 is 25.3. The first-order valence-corrected chi connectivity index (χ1v) is 11.5. The number of nitrogens with one attached hydrogen (secondary N) is 2. The molecule has 0 aromatic heterocycles. The van der Waals surface area contributed by atoms with Gasteiger partial charge in [0.1, 0.15) is 18.8 Å². The molecule has 13 nitrogen and oxygen atoms in total. The van der Waals surface area contributed by atoms with Gasteiger partial charge in [0.2, 0.25) is 11.8 Å². The molecule has 13 heteroatoms. The Balaban J connectivity index is 3.57. The predicted molar refractivity (Wildman–Crippen MR) is 123 cm³/mol. The van der Waals surface area contributed by atoms with E-state index in [9.17, 15) is 24.0 Å². The molecule has 0 heterocycles. The zero-order chi connectivity index (χ0) is 26.5. The summed E-state index contributed by atoms with van der Waals surface area (Å²) in [5.41, 5.74) is 4.48. The van der Waals surface area contributed by atoms with Gasteiger partial charge in [-0.25, -0.2) is 0 Å². The van der Waals surface area contributed by atoms with Crippen LogP contribution in [0.4, 0.5) is 0 Å². The SMILES string of the molecule is CC(C)(C)OC(=O)CCC(=O)NCCOC(=O)CCC(=O)NCCOCCOCCOC(=O)CN. The summed E-state index contributed by atoms with van der Waals surface area (Å²) in [6.45, 7) is 6.65. The molecule has 0 bridgehead atoms. The number of carbonyl (C=O) groups excluding carboxylic acids is 5. The number of hydrogen-bond donors (Lipinski definition) is 3. The first-order chi connectivity index (χ1) is 16.5. The molecule has 0 spiro atoms. The van der Waals surface area contributed by atoms with Crippen molar-refractivity contribution in [2.24, 2.45) is 5.73 Å². The zero-order valence-electron chi connectivity index (χ0n) is 20.9. The van der Waals surface area contributed by atoms with Gasteiger partial charge in [0.25, 0.3) is 0 Å². The van der Waals surface area contributed by atoms with E-state index >= 15 is 0 Å². The standard InChI is InChI=1S/C22H39N3O10/c1-22(2,3)35-20(29)7-5-18(27)25-9-11-33-19(28)6-4-17(26)24-8-10-31-12-13-32-14-15-34-21(30)16-23/h4-16,23H2,1-3H3,(H,24,26)(H,25,27). The smallest absolute Gasteiger partial charge is 0.319 e. The molecule has 0 aromatic carbocycles. The van der Waals surface area contributed by atoms with E-state index < -0.39 is 23.5 Å². The Morgan fingerprint density at radius 2 is 1.11 bits per heavy atom. The number of esters is 3. The van der Waals surface area contributed by atoms with Gasteiger partial charge < -0.3 is 40.1 Å². The Hall–Kier alpha value is -2.77. The first kappa shape index (κ1) is 32.2. The molecular formula is C22H39N3O10. The molecule has 0 aliphatic heterocycles. The van der Waals surface area contributed by atoms with Crippen LogP contribution in [0.3, 0.4) is 0 Å². The fourth-order valence-electron chi connectivity index (χ4n) is 2.29. The molecule has 4 N–H and O–H groups in total. The molecule has 2 amide bonds. The van der Waals surface area contributed by atoms with Gasteiger partial charge >= 0.3 is 17.9 Å². The molecule has 0 radical (unpaired) electrons. The first-order valence-electron chi connectivity index (χ1n) is 11.5. The summed E-state index contributed by atoms with van der Waals surface area (Å²) in [6.07, 6.45) is -0.190. The van der Waals surface area contributed by atoms with Crippen LogP contribution in [0.1, 0.15) is 46.5 Å². The largest absolute Gasteiger partial charge is 0.464 e. The molecule has 0 unspecified atom stereocenters. The average Bonchev–Trinajstić information content (AvgIpc) is 2.79. The fraction of sp³-hybridized carbons (Fsp3) is 0.773. The molecule has 35 heavy (non-hydrogen) atoms. The summed E-state index contributed by atoms with van der Waals surface area (Å²) in [5.74, 6) is -2.19. The highest BCUT2D eigenvalue weighted by atomic mass is 16.6. The van der Waals surface area contributed by atoms with E-state index in [0.29, 0.717) is 13.2 Å². The van der Waals surface area contributed by atoms with Crippen molar-refractivity contribution in [3.8, 4) is 0 Å². The summed E-state index contributed by atoms with van der Waals surface area (Å²) >= 11 is 0. The fourth-order valence-corrected chi connectivity index (χ4v) is 2.29. The van der Waals surface area contributed by atoms with Gasteiger partial charge in [-0.3, -0.25) is 24.0 Å². The van der Waals surface area contributed by atoms with E-state index in [4.69, 9.17) is 29.4 Å². The van der Waals surface area contributed by atoms with Crippen LogP contribution in [0.2, 0.25) is 0 Å². The third-order valence-electron chi connectivity index (χ3n) is 3.82. The van der Waals surface area contributed by atoms with Crippen LogP contribution in [0.25, 0.3) is 0 Å². The van der Waals surface area contributed by atoms with Gasteiger partial charge in [-0.05, 0) is 20.8 Å². The van der Waals surface area contributed by atoms with E-state index in [1.165, 1.54) is 0 Å². The topological polar surface area (TPSA) is 182 Å². The molecule has 0 aliphatic carbocycles. The Morgan fingerprint density at radius 1 is 0.629 bits per heavy atom. The second-order valence-electron chi connectivity index (χ2n) is 8.16. The molecule has 0 rings (SSSR count). The van der Waals surface area contributed by atoms with Gasteiger partial charge in [0.15, 0.2) is 0 Å². The van der Waals surface area contributed by atoms with E-state index in [0.717, 1.165) is 0 Å². The normalized spacial score (nSPS) is 10.9. The lowest BCUT2D eigenvalue weighted by Gasteiger charge is -2.19. The maximum atomic E-state index is 11.7. The number of hydrogen-bond acceptors (Lipinski definition) is 11. The van der Waals surface area contributed by atoms with Crippen LogP contribution in [0.15, 0.2) is 0 Å². The van der Waals surface area contributed by atoms with E-state index in [1.807, 2.05) is 0 Å². The minimum Gasteiger partial charge on any atom is -0.464 e. The van der Waals surface area contributed by atoms with Crippen molar-refractivity contribution in [1.82, 2.24) is 10.6 Å². The van der Waals surface area contributed by atoms with Gasteiger partial charge in [0, 0.05) is 19.4 Å². The van der Waals surface area contributed by atoms with Crippen molar-refractivity contribution < 1.29 is 47.7 Å². The Morgan fingerprint density at radius 3 is 1.69 bits per heavy atom.